The molecule has 1 saturated heterocycles. The van der Waals surface area contributed by atoms with E-state index >= 15 is 0 Å². The second-order valence-electron chi connectivity index (χ2n) is 4.74. The number of halogens is 1. The summed E-state index contributed by atoms with van der Waals surface area (Å²) < 4.78 is 13.4. The summed E-state index contributed by atoms with van der Waals surface area (Å²) in [5.41, 5.74) is 0.256. The molecule has 0 saturated carbocycles. The number of carbonyl (C=O) groups is 1. The van der Waals surface area contributed by atoms with Crippen LogP contribution in [-0.2, 0) is 4.79 Å². The molecule has 1 unspecified atom stereocenters. The van der Waals surface area contributed by atoms with Crippen LogP contribution in [0.3, 0.4) is 0 Å². The van der Waals surface area contributed by atoms with Crippen LogP contribution in [-0.4, -0.2) is 29.9 Å². The highest BCUT2D eigenvalue weighted by Crippen LogP contribution is 2.16. The Kier molecular flexibility index (Phi) is 4.31. The van der Waals surface area contributed by atoms with Crippen molar-refractivity contribution in [3.05, 3.63) is 30.1 Å². The van der Waals surface area contributed by atoms with Gasteiger partial charge in [-0.05, 0) is 45.0 Å². The molecule has 1 N–H and O–H groups in total. The number of carbonyl (C=O) groups excluding carboxylic acids is 1. The molecule has 1 aliphatic rings. The molecule has 3 nitrogen and oxygen atoms in total. The Morgan fingerprint density at radius 1 is 1.28 bits per heavy atom. The molecule has 4 heteroatoms. The Balaban J connectivity index is 1.97. The second-order valence-corrected chi connectivity index (χ2v) is 4.74. The Hall–Kier alpha value is -1.42. The minimum absolute atomic E-state index is 0.137. The smallest absolute Gasteiger partial charge is 0.241 e. The number of nitrogens with one attached hydrogen (secondary N) is 1. The number of piperidine rings is 1. The minimum Gasteiger partial charge on any atom is -0.322 e. The average molecular weight is 250 g/mol. The lowest BCUT2D eigenvalue weighted by Crippen LogP contribution is -2.44. The molecule has 0 bridgehead atoms. The van der Waals surface area contributed by atoms with Gasteiger partial charge in [-0.3, -0.25) is 9.69 Å². The summed E-state index contributed by atoms with van der Waals surface area (Å²) in [6.07, 6.45) is 3.51. The number of hydrogen-bond donors (Lipinski definition) is 1. The molecule has 0 spiro atoms. The minimum atomic E-state index is -0.392. The van der Waals surface area contributed by atoms with Crippen molar-refractivity contribution in [2.45, 2.75) is 32.2 Å². The lowest BCUT2D eigenvalue weighted by atomic mass is 10.1. The summed E-state index contributed by atoms with van der Waals surface area (Å²) in [5, 5.41) is 2.65. The molecule has 1 aromatic carbocycles. The van der Waals surface area contributed by atoms with Crippen molar-refractivity contribution in [3.8, 4) is 0 Å². The molecule has 0 aromatic heterocycles. The maximum Gasteiger partial charge on any atom is 0.241 e. The fourth-order valence-electron chi connectivity index (χ4n) is 2.27. The second kappa shape index (κ2) is 5.96. The Morgan fingerprint density at radius 3 is 2.61 bits per heavy atom. The topological polar surface area (TPSA) is 32.3 Å². The molecular weight excluding hydrogens is 231 g/mol. The van der Waals surface area contributed by atoms with E-state index in [1.807, 2.05) is 6.92 Å². The van der Waals surface area contributed by atoms with Gasteiger partial charge in [0.2, 0.25) is 5.91 Å². The molecule has 18 heavy (non-hydrogen) atoms. The van der Waals surface area contributed by atoms with Crippen molar-refractivity contribution in [1.29, 1.82) is 0 Å². The number of hydrogen-bond acceptors (Lipinski definition) is 2. The van der Waals surface area contributed by atoms with E-state index in [0.29, 0.717) is 0 Å². The molecular formula is C14H19FN2O. The number of likely N-dealkylation sites (tertiary alicyclic amines) is 1. The van der Waals surface area contributed by atoms with Gasteiger partial charge in [-0.1, -0.05) is 18.6 Å². The third-order valence-corrected chi connectivity index (χ3v) is 3.45. The first-order valence-electron chi connectivity index (χ1n) is 6.48. The molecule has 0 radical (unpaired) electrons. The van der Waals surface area contributed by atoms with Gasteiger partial charge in [0.05, 0.1) is 11.7 Å². The molecule has 0 aliphatic carbocycles. The van der Waals surface area contributed by atoms with Gasteiger partial charge < -0.3 is 5.32 Å². The van der Waals surface area contributed by atoms with E-state index < -0.39 is 5.82 Å². The molecule has 2 rings (SSSR count). The van der Waals surface area contributed by atoms with Crippen molar-refractivity contribution in [1.82, 2.24) is 4.90 Å². The lowest BCUT2D eigenvalue weighted by molar-refractivity contribution is -0.121. The molecule has 1 fully saturated rings. The predicted molar refractivity (Wildman–Crippen MR) is 69.9 cm³/mol. The van der Waals surface area contributed by atoms with Crippen molar-refractivity contribution >= 4 is 11.6 Å². The summed E-state index contributed by atoms with van der Waals surface area (Å²) in [6, 6.07) is 6.05. The van der Waals surface area contributed by atoms with Crippen LogP contribution < -0.4 is 5.32 Å². The van der Waals surface area contributed by atoms with Gasteiger partial charge in [-0.25, -0.2) is 4.39 Å². The van der Waals surface area contributed by atoms with E-state index in [9.17, 15) is 9.18 Å². The fraction of sp³-hybridized carbons (Fsp3) is 0.500. The third-order valence-electron chi connectivity index (χ3n) is 3.45. The van der Waals surface area contributed by atoms with Gasteiger partial charge in [0.25, 0.3) is 0 Å². The highest BCUT2D eigenvalue weighted by molar-refractivity contribution is 5.94. The number of benzene rings is 1. The Bertz CT molecular complexity index is 416. The molecule has 1 aromatic rings. The van der Waals surface area contributed by atoms with E-state index in [1.54, 1.807) is 18.2 Å². The van der Waals surface area contributed by atoms with Gasteiger partial charge in [-0.2, -0.15) is 0 Å². The number of para-hydroxylation sites is 1. The van der Waals surface area contributed by atoms with Crippen LogP contribution in [0.15, 0.2) is 24.3 Å². The first-order valence-corrected chi connectivity index (χ1v) is 6.48. The van der Waals surface area contributed by atoms with E-state index in [-0.39, 0.29) is 17.6 Å². The summed E-state index contributed by atoms with van der Waals surface area (Å²) >= 11 is 0. The number of anilines is 1. The fourth-order valence-corrected chi connectivity index (χ4v) is 2.27. The van der Waals surface area contributed by atoms with Crippen LogP contribution in [0.4, 0.5) is 10.1 Å². The van der Waals surface area contributed by atoms with E-state index in [4.69, 9.17) is 0 Å². The molecule has 98 valence electrons. The highest BCUT2D eigenvalue weighted by Gasteiger charge is 2.23. The first kappa shape index (κ1) is 13.0. The monoisotopic (exact) mass is 250 g/mol. The van der Waals surface area contributed by atoms with Crippen LogP contribution in [0.25, 0.3) is 0 Å². The number of rotatable bonds is 3. The number of amides is 1. The van der Waals surface area contributed by atoms with Crippen LogP contribution in [0, 0.1) is 5.82 Å². The normalized spacial score (nSPS) is 18.3. The zero-order valence-corrected chi connectivity index (χ0v) is 10.7. The Labute approximate surface area is 107 Å². The first-order chi connectivity index (χ1) is 8.68. The predicted octanol–water partition coefficient (Wildman–Crippen LogP) is 2.64. The largest absolute Gasteiger partial charge is 0.322 e. The highest BCUT2D eigenvalue weighted by atomic mass is 19.1. The van der Waals surface area contributed by atoms with Crippen molar-refractivity contribution in [3.63, 3.8) is 0 Å². The summed E-state index contributed by atoms with van der Waals surface area (Å²) in [6.45, 7) is 3.78. The van der Waals surface area contributed by atoms with Gasteiger partial charge in [-0.15, -0.1) is 0 Å². The quantitative estimate of drug-likeness (QED) is 0.894. The van der Waals surface area contributed by atoms with Crippen molar-refractivity contribution < 1.29 is 9.18 Å². The summed E-state index contributed by atoms with van der Waals surface area (Å²) in [4.78, 5) is 14.2. The summed E-state index contributed by atoms with van der Waals surface area (Å²) in [7, 11) is 0. The van der Waals surface area contributed by atoms with Crippen LogP contribution in [0.5, 0.6) is 0 Å². The van der Waals surface area contributed by atoms with E-state index in [1.165, 1.54) is 12.5 Å². The van der Waals surface area contributed by atoms with Gasteiger partial charge in [0.1, 0.15) is 5.82 Å². The third kappa shape index (κ3) is 3.07. The maximum absolute atomic E-state index is 13.4. The van der Waals surface area contributed by atoms with Gasteiger partial charge in [0.15, 0.2) is 0 Å². The molecule has 1 heterocycles. The zero-order chi connectivity index (χ0) is 13.0. The maximum atomic E-state index is 13.4. The standard InChI is InChI=1S/C14H19FN2O/c1-11(17-9-5-2-6-10-17)14(18)16-13-8-4-3-7-12(13)15/h3-4,7-8,11H,2,5-6,9-10H2,1H3,(H,16,18). The zero-order valence-electron chi connectivity index (χ0n) is 10.7. The SMILES string of the molecule is CC(C(=O)Nc1ccccc1F)N1CCCCC1. The molecule has 1 atom stereocenters. The van der Waals surface area contributed by atoms with Crippen LogP contribution in [0.1, 0.15) is 26.2 Å². The van der Waals surface area contributed by atoms with Crippen LogP contribution >= 0.6 is 0 Å². The lowest BCUT2D eigenvalue weighted by Gasteiger charge is -2.31. The van der Waals surface area contributed by atoms with Gasteiger partial charge in [0, 0.05) is 0 Å². The average Bonchev–Trinajstić information content (AvgIpc) is 2.41. The van der Waals surface area contributed by atoms with Crippen LogP contribution in [0.2, 0.25) is 0 Å². The van der Waals surface area contributed by atoms with E-state index in [2.05, 4.69) is 10.2 Å². The van der Waals surface area contributed by atoms with E-state index in [0.717, 1.165) is 25.9 Å². The Morgan fingerprint density at radius 2 is 1.94 bits per heavy atom. The molecule has 1 amide bonds. The van der Waals surface area contributed by atoms with Crippen molar-refractivity contribution in [2.24, 2.45) is 0 Å². The van der Waals surface area contributed by atoms with Gasteiger partial charge >= 0.3 is 0 Å². The molecule has 1 aliphatic heterocycles. The number of nitrogens with zero attached hydrogens (tertiary/aromatic N) is 1. The van der Waals surface area contributed by atoms with Crippen molar-refractivity contribution in [2.75, 3.05) is 18.4 Å². The summed E-state index contributed by atoms with van der Waals surface area (Å²) in [5.74, 6) is -0.529.